The molecule has 2 aliphatic rings. The molecule has 0 radical (unpaired) electrons. The number of hydroxylamine groups is 2. The molecule has 2 rings (SSSR count). The number of nitrogens with zero attached hydrogens (tertiary/aromatic N) is 1. The molecule has 0 aromatic carbocycles. The lowest BCUT2D eigenvalue weighted by molar-refractivity contribution is -0.197. The maximum Gasteiger partial charge on any atom is 0.344 e. The predicted molar refractivity (Wildman–Crippen MR) is 60.8 cm³/mol. The molecule has 0 bridgehead atoms. The van der Waals surface area contributed by atoms with E-state index in [9.17, 15) is 28.8 Å². The first-order valence-electron chi connectivity index (χ1n) is 5.90. The molecule has 2 amide bonds. The molecule has 1 aliphatic heterocycles. The lowest BCUT2D eigenvalue weighted by Gasteiger charge is -2.13. The van der Waals surface area contributed by atoms with E-state index in [0.717, 1.165) is 12.2 Å². The number of carbonyl (C=O) groups excluding carboxylic acids is 6. The van der Waals surface area contributed by atoms with Crippen molar-refractivity contribution in [1.82, 2.24) is 5.06 Å². The highest BCUT2D eigenvalue weighted by atomic mass is 16.7. The molecule has 21 heavy (non-hydrogen) atoms. The van der Waals surface area contributed by atoms with Crippen molar-refractivity contribution in [2.75, 3.05) is 0 Å². The van der Waals surface area contributed by atoms with Gasteiger partial charge in [0.1, 0.15) is 6.42 Å². The van der Waals surface area contributed by atoms with Gasteiger partial charge in [-0.3, -0.25) is 24.0 Å². The summed E-state index contributed by atoms with van der Waals surface area (Å²) in [6, 6.07) is 0. The van der Waals surface area contributed by atoms with Gasteiger partial charge in [-0.2, -0.15) is 0 Å². The monoisotopic (exact) mass is 295 g/mol. The standard InChI is InChI=1S/C12H9NO8/c14-6-1-2-7(15)12(6)20-10(18)5-11(19)21-13-8(16)3-4-9(13)17/h3-4,12H,1-2,5H2. The van der Waals surface area contributed by atoms with Crippen LogP contribution in [0.4, 0.5) is 0 Å². The summed E-state index contributed by atoms with van der Waals surface area (Å²) in [5.41, 5.74) is 0. The molecule has 0 aromatic heterocycles. The van der Waals surface area contributed by atoms with Crippen LogP contribution in [0.5, 0.6) is 0 Å². The van der Waals surface area contributed by atoms with Crippen LogP contribution < -0.4 is 0 Å². The minimum Gasteiger partial charge on any atom is -0.446 e. The van der Waals surface area contributed by atoms with Crippen molar-refractivity contribution in [3.63, 3.8) is 0 Å². The maximum absolute atomic E-state index is 11.4. The number of Topliss-reactive ketones (excluding diaryl/α,β-unsaturated/α-hetero) is 2. The van der Waals surface area contributed by atoms with E-state index in [0.29, 0.717) is 0 Å². The van der Waals surface area contributed by atoms with Gasteiger partial charge in [0.15, 0.2) is 11.6 Å². The van der Waals surface area contributed by atoms with E-state index in [2.05, 4.69) is 9.57 Å². The Labute approximate surface area is 117 Å². The number of ketones is 2. The highest BCUT2D eigenvalue weighted by molar-refractivity contribution is 6.13. The Balaban J connectivity index is 1.84. The van der Waals surface area contributed by atoms with Crippen molar-refractivity contribution in [2.24, 2.45) is 0 Å². The van der Waals surface area contributed by atoms with Crippen LogP contribution >= 0.6 is 0 Å². The number of rotatable bonds is 4. The highest BCUT2D eigenvalue weighted by Crippen LogP contribution is 2.15. The van der Waals surface area contributed by atoms with Gasteiger partial charge in [-0.15, -0.1) is 0 Å². The normalized spacial score (nSPS) is 18.6. The zero-order valence-corrected chi connectivity index (χ0v) is 10.6. The summed E-state index contributed by atoms with van der Waals surface area (Å²) in [7, 11) is 0. The SMILES string of the molecule is O=C(CC(=O)ON1C(=O)C=CC1=O)OC1C(=O)CCC1=O. The summed E-state index contributed by atoms with van der Waals surface area (Å²) < 4.78 is 4.58. The molecule has 0 aromatic rings. The van der Waals surface area contributed by atoms with Crippen LogP contribution in [0.3, 0.4) is 0 Å². The predicted octanol–water partition coefficient (Wildman–Crippen LogP) is -1.40. The summed E-state index contributed by atoms with van der Waals surface area (Å²) in [6.07, 6.45) is -0.656. The summed E-state index contributed by atoms with van der Waals surface area (Å²) in [4.78, 5) is 71.9. The zero-order chi connectivity index (χ0) is 15.6. The lowest BCUT2D eigenvalue weighted by Crippen LogP contribution is -2.34. The van der Waals surface area contributed by atoms with Crippen LogP contribution in [0.1, 0.15) is 19.3 Å². The molecule has 1 fully saturated rings. The smallest absolute Gasteiger partial charge is 0.344 e. The third-order valence-corrected chi connectivity index (χ3v) is 2.70. The van der Waals surface area contributed by atoms with Gasteiger partial charge in [0, 0.05) is 25.0 Å². The number of hydrogen-bond donors (Lipinski definition) is 0. The van der Waals surface area contributed by atoms with Gasteiger partial charge in [0.05, 0.1) is 0 Å². The summed E-state index contributed by atoms with van der Waals surface area (Å²) in [6.45, 7) is 0. The molecule has 0 saturated heterocycles. The quantitative estimate of drug-likeness (QED) is 0.352. The maximum atomic E-state index is 11.4. The Morgan fingerprint density at radius 3 is 2.05 bits per heavy atom. The van der Waals surface area contributed by atoms with Crippen LogP contribution in [-0.2, 0) is 38.3 Å². The van der Waals surface area contributed by atoms with Gasteiger partial charge in [-0.05, 0) is 0 Å². The first kappa shape index (κ1) is 14.6. The van der Waals surface area contributed by atoms with E-state index in [1.807, 2.05) is 0 Å². The first-order valence-corrected chi connectivity index (χ1v) is 5.90. The van der Waals surface area contributed by atoms with Crippen LogP contribution in [-0.4, -0.2) is 46.5 Å². The first-order chi connectivity index (χ1) is 9.88. The molecule has 110 valence electrons. The Bertz CT molecular complexity index is 542. The average molecular weight is 295 g/mol. The van der Waals surface area contributed by atoms with Crippen LogP contribution in [0, 0.1) is 0 Å². The molecule has 0 atom stereocenters. The van der Waals surface area contributed by atoms with Crippen LogP contribution in [0.25, 0.3) is 0 Å². The van der Waals surface area contributed by atoms with Crippen molar-refractivity contribution in [3.8, 4) is 0 Å². The molecule has 1 saturated carbocycles. The second-order valence-electron chi connectivity index (χ2n) is 4.25. The highest BCUT2D eigenvalue weighted by Gasteiger charge is 2.37. The number of carbonyl (C=O) groups is 6. The minimum absolute atomic E-state index is 0.0102. The Hall–Kier alpha value is -2.84. The molecule has 0 spiro atoms. The van der Waals surface area contributed by atoms with Crippen LogP contribution in [0.2, 0.25) is 0 Å². The molecular formula is C12H9NO8. The van der Waals surface area contributed by atoms with Crippen molar-refractivity contribution in [1.29, 1.82) is 0 Å². The molecule has 1 heterocycles. The van der Waals surface area contributed by atoms with E-state index in [1.165, 1.54) is 0 Å². The molecule has 9 nitrogen and oxygen atoms in total. The lowest BCUT2D eigenvalue weighted by atomic mass is 10.3. The molecular weight excluding hydrogens is 286 g/mol. The second kappa shape index (κ2) is 5.65. The Morgan fingerprint density at radius 1 is 1.00 bits per heavy atom. The van der Waals surface area contributed by atoms with Gasteiger partial charge in [-0.1, -0.05) is 5.06 Å². The van der Waals surface area contributed by atoms with Crippen molar-refractivity contribution in [3.05, 3.63) is 12.2 Å². The number of imide groups is 1. The van der Waals surface area contributed by atoms with Gasteiger partial charge < -0.3 is 9.57 Å². The number of esters is 1. The largest absolute Gasteiger partial charge is 0.446 e. The third-order valence-electron chi connectivity index (χ3n) is 2.70. The molecule has 1 aliphatic carbocycles. The van der Waals surface area contributed by atoms with Crippen molar-refractivity contribution >= 4 is 35.3 Å². The van der Waals surface area contributed by atoms with Crippen molar-refractivity contribution in [2.45, 2.75) is 25.4 Å². The van der Waals surface area contributed by atoms with E-state index in [1.54, 1.807) is 0 Å². The van der Waals surface area contributed by atoms with E-state index in [4.69, 9.17) is 0 Å². The fourth-order valence-electron chi connectivity index (χ4n) is 1.72. The molecule has 0 N–H and O–H groups in total. The minimum atomic E-state index is -1.48. The van der Waals surface area contributed by atoms with Gasteiger partial charge in [-0.25, -0.2) is 4.79 Å². The number of amides is 2. The van der Waals surface area contributed by atoms with Crippen LogP contribution in [0.15, 0.2) is 12.2 Å². The zero-order valence-electron chi connectivity index (χ0n) is 10.6. The van der Waals surface area contributed by atoms with Gasteiger partial charge in [0.25, 0.3) is 11.8 Å². The summed E-state index contributed by atoms with van der Waals surface area (Å²) in [5.74, 6) is -5.15. The topological polar surface area (TPSA) is 124 Å². The van der Waals surface area contributed by atoms with Crippen molar-refractivity contribution < 1.29 is 38.3 Å². The molecule has 9 heteroatoms. The van der Waals surface area contributed by atoms with E-state index >= 15 is 0 Å². The Morgan fingerprint density at radius 2 is 1.52 bits per heavy atom. The third kappa shape index (κ3) is 3.19. The number of ether oxygens (including phenoxy) is 1. The van der Waals surface area contributed by atoms with E-state index in [-0.39, 0.29) is 17.9 Å². The summed E-state index contributed by atoms with van der Waals surface area (Å²) in [5, 5.41) is 0.182. The second-order valence-corrected chi connectivity index (χ2v) is 4.25. The fraction of sp³-hybridized carbons (Fsp3) is 0.333. The fourth-order valence-corrected chi connectivity index (χ4v) is 1.72. The number of hydrogen-bond acceptors (Lipinski definition) is 8. The van der Waals surface area contributed by atoms with Gasteiger partial charge in [0.2, 0.25) is 6.10 Å². The molecule has 0 unspecified atom stereocenters. The Kier molecular flexibility index (Phi) is 3.92. The van der Waals surface area contributed by atoms with Gasteiger partial charge >= 0.3 is 11.9 Å². The summed E-state index contributed by atoms with van der Waals surface area (Å²) >= 11 is 0. The average Bonchev–Trinajstić information content (AvgIpc) is 2.88. The van der Waals surface area contributed by atoms with E-state index < -0.39 is 47.8 Å².